The lowest BCUT2D eigenvalue weighted by molar-refractivity contribution is 0.0314. The van der Waals surface area contributed by atoms with Gasteiger partial charge in [-0.1, -0.05) is 49.4 Å². The van der Waals surface area contributed by atoms with Crippen LogP contribution in [0.3, 0.4) is 0 Å². The summed E-state index contributed by atoms with van der Waals surface area (Å²) in [6.45, 7) is 16.8. The molecule has 3 aromatic carbocycles. The van der Waals surface area contributed by atoms with Gasteiger partial charge in [0.25, 0.3) is 0 Å². The summed E-state index contributed by atoms with van der Waals surface area (Å²) in [7, 11) is 0. The third-order valence-corrected chi connectivity index (χ3v) is 10.5. The summed E-state index contributed by atoms with van der Waals surface area (Å²) >= 11 is 0. The van der Waals surface area contributed by atoms with E-state index in [0.29, 0.717) is 36.5 Å². The Hall–Kier alpha value is -4.03. The Labute approximate surface area is 320 Å². The maximum atomic E-state index is 6.12. The molecule has 1 aliphatic carbocycles. The monoisotopic (exact) mass is 735 g/mol. The summed E-state index contributed by atoms with van der Waals surface area (Å²) in [4.78, 5) is 9.67. The second-order valence-electron chi connectivity index (χ2n) is 14.7. The Morgan fingerprint density at radius 2 is 1.39 bits per heavy atom. The van der Waals surface area contributed by atoms with Gasteiger partial charge in [-0.3, -0.25) is 9.80 Å². The Balaban J connectivity index is 0.760. The topological polar surface area (TPSA) is 93.5 Å². The van der Waals surface area contributed by atoms with Crippen molar-refractivity contribution in [2.75, 3.05) is 92.0 Å². The van der Waals surface area contributed by atoms with Crippen LogP contribution in [0.2, 0.25) is 0 Å². The van der Waals surface area contributed by atoms with Crippen molar-refractivity contribution in [3.8, 4) is 23.0 Å². The molecular weight excluding hydrogens is 679 g/mol. The number of morpholine rings is 2. The van der Waals surface area contributed by atoms with Crippen molar-refractivity contribution in [1.29, 1.82) is 0 Å². The summed E-state index contributed by atoms with van der Waals surface area (Å²) < 4.78 is 29.1. The predicted molar refractivity (Wildman–Crippen MR) is 214 cm³/mol. The molecule has 3 heterocycles. The highest BCUT2D eigenvalue weighted by molar-refractivity contribution is 5.77. The van der Waals surface area contributed by atoms with E-state index < -0.39 is 0 Å². The van der Waals surface area contributed by atoms with Crippen LogP contribution >= 0.6 is 0 Å². The van der Waals surface area contributed by atoms with Crippen LogP contribution < -0.4 is 20.1 Å². The molecule has 0 bridgehead atoms. The van der Waals surface area contributed by atoms with E-state index in [1.807, 2.05) is 42.5 Å². The number of ether oxygens (including phenoxy) is 4. The lowest BCUT2D eigenvalue weighted by atomic mass is 9.86. The Kier molecular flexibility index (Phi) is 14.2. The van der Waals surface area contributed by atoms with Crippen LogP contribution in [0.5, 0.6) is 11.5 Å². The molecule has 7 rings (SSSR count). The van der Waals surface area contributed by atoms with Gasteiger partial charge in [-0.2, -0.15) is 0 Å². The maximum Gasteiger partial charge on any atom is 0.227 e. The number of benzene rings is 3. The van der Waals surface area contributed by atoms with Gasteiger partial charge in [-0.25, -0.2) is 4.98 Å². The summed E-state index contributed by atoms with van der Waals surface area (Å²) in [5, 5.41) is 7.11. The molecule has 3 aliphatic rings. The molecule has 2 unspecified atom stereocenters. The van der Waals surface area contributed by atoms with Crippen LogP contribution in [0.1, 0.15) is 30.9 Å². The second kappa shape index (κ2) is 20.0. The molecular formula is C44H57N5O5. The Morgan fingerprint density at radius 3 is 2.11 bits per heavy atom. The van der Waals surface area contributed by atoms with E-state index in [9.17, 15) is 0 Å². The molecule has 0 amide bonds. The van der Waals surface area contributed by atoms with Crippen molar-refractivity contribution in [3.05, 3.63) is 102 Å². The van der Waals surface area contributed by atoms with E-state index in [4.69, 9.17) is 28.3 Å². The van der Waals surface area contributed by atoms with E-state index in [-0.39, 0.29) is 0 Å². The van der Waals surface area contributed by atoms with Crippen LogP contribution in [0.4, 0.5) is 0 Å². The molecule has 54 heavy (non-hydrogen) atoms. The number of rotatable bonds is 19. The minimum atomic E-state index is 0.553. The number of oxazole rings is 1. The van der Waals surface area contributed by atoms with E-state index >= 15 is 0 Å². The minimum Gasteiger partial charge on any atom is -0.494 e. The molecule has 10 nitrogen and oxygen atoms in total. The second-order valence-corrected chi connectivity index (χ2v) is 14.7. The lowest BCUT2D eigenvalue weighted by Gasteiger charge is -2.32. The van der Waals surface area contributed by atoms with Gasteiger partial charge in [0, 0.05) is 64.0 Å². The van der Waals surface area contributed by atoms with Crippen LogP contribution in [-0.4, -0.2) is 107 Å². The van der Waals surface area contributed by atoms with Crippen LogP contribution in [0.25, 0.3) is 22.6 Å². The molecule has 4 aromatic rings. The third-order valence-electron chi connectivity index (χ3n) is 10.5. The third kappa shape index (κ3) is 11.5. The average molecular weight is 736 g/mol. The number of hydrogen-bond donors (Lipinski definition) is 2. The number of hydrogen-bond acceptors (Lipinski definition) is 10. The van der Waals surface area contributed by atoms with Gasteiger partial charge in [0.15, 0.2) is 5.58 Å². The number of nitrogens with zero attached hydrogens (tertiary/aromatic N) is 3. The molecule has 2 saturated heterocycles. The quantitative estimate of drug-likeness (QED) is 0.107. The molecule has 2 aliphatic heterocycles. The van der Waals surface area contributed by atoms with E-state index in [1.54, 1.807) is 0 Å². The molecule has 2 atom stereocenters. The predicted octanol–water partition coefficient (Wildman–Crippen LogP) is 6.32. The standard InChI is InChI=1S/C44H57N5O5/c1-34-28-37(8-9-39(34)33-49-20-26-51-27-21-49)31-46-17-2-22-52-40-12-10-38(11-13-40)44-47-42-15-14-41(29-43(42)54-44)53-23-3-16-45-30-35-4-6-36(7-5-35)32-48-18-24-50-25-19-48/h4-15,28-29,34,39,45-46H,2-3,16-27,30-33H2,1H3. The minimum absolute atomic E-state index is 0.553. The molecule has 1 aromatic heterocycles. The average Bonchev–Trinajstić information content (AvgIpc) is 3.64. The normalized spacial score (nSPS) is 19.6. The first-order chi connectivity index (χ1) is 26.6. The zero-order valence-corrected chi connectivity index (χ0v) is 31.8. The van der Waals surface area contributed by atoms with Crippen LogP contribution in [-0.2, 0) is 22.6 Å². The number of nitrogens with one attached hydrogen (secondary N) is 2. The summed E-state index contributed by atoms with van der Waals surface area (Å²) in [6, 6.07) is 22.7. The van der Waals surface area contributed by atoms with Gasteiger partial charge in [-0.05, 0) is 90.9 Å². The number of fused-ring (bicyclic) bond motifs is 1. The molecule has 0 radical (unpaired) electrons. The lowest BCUT2D eigenvalue weighted by Crippen LogP contribution is -2.40. The SMILES string of the molecule is CC1C=C(CNCCCOc2ccc(-c3nc4ccc(OCCCNCc5ccc(CN6CCOCC6)cc5)cc4o3)cc2)C=CC1CN1CCOCC1. The molecule has 2 fully saturated rings. The summed E-state index contributed by atoms with van der Waals surface area (Å²) in [5.74, 6) is 3.35. The first-order valence-electron chi connectivity index (χ1n) is 19.9. The zero-order valence-electron chi connectivity index (χ0n) is 31.8. The van der Waals surface area contributed by atoms with E-state index in [2.05, 4.69) is 69.9 Å². The number of allylic oxidation sites excluding steroid dienone is 1. The van der Waals surface area contributed by atoms with Gasteiger partial charge in [0.1, 0.15) is 17.0 Å². The van der Waals surface area contributed by atoms with E-state index in [1.165, 1.54) is 16.7 Å². The largest absolute Gasteiger partial charge is 0.494 e. The first-order valence-corrected chi connectivity index (χ1v) is 19.9. The van der Waals surface area contributed by atoms with E-state index in [0.717, 1.165) is 127 Å². The number of aromatic nitrogens is 1. The molecule has 10 heteroatoms. The molecule has 0 spiro atoms. The van der Waals surface area contributed by atoms with Gasteiger partial charge in [0.05, 0.1) is 39.6 Å². The summed E-state index contributed by atoms with van der Waals surface area (Å²) in [6.07, 6.45) is 8.97. The smallest absolute Gasteiger partial charge is 0.227 e. The fourth-order valence-corrected chi connectivity index (χ4v) is 7.20. The maximum absolute atomic E-state index is 6.12. The fourth-order valence-electron chi connectivity index (χ4n) is 7.20. The van der Waals surface area contributed by atoms with Gasteiger partial charge < -0.3 is 34.0 Å². The first kappa shape index (κ1) is 38.3. The molecule has 2 N–H and O–H groups in total. The highest BCUT2D eigenvalue weighted by atomic mass is 16.5. The molecule has 288 valence electrons. The zero-order chi connectivity index (χ0) is 36.8. The van der Waals surface area contributed by atoms with Crippen molar-refractivity contribution in [3.63, 3.8) is 0 Å². The van der Waals surface area contributed by atoms with Crippen molar-refractivity contribution in [1.82, 2.24) is 25.4 Å². The van der Waals surface area contributed by atoms with Crippen molar-refractivity contribution in [2.24, 2.45) is 11.8 Å². The van der Waals surface area contributed by atoms with Crippen molar-refractivity contribution in [2.45, 2.75) is 32.9 Å². The molecule has 0 saturated carbocycles. The van der Waals surface area contributed by atoms with Crippen LogP contribution in [0.15, 0.2) is 94.9 Å². The van der Waals surface area contributed by atoms with Crippen molar-refractivity contribution < 1.29 is 23.4 Å². The summed E-state index contributed by atoms with van der Waals surface area (Å²) in [5.41, 5.74) is 6.46. The van der Waals surface area contributed by atoms with Crippen LogP contribution in [0, 0.1) is 11.8 Å². The van der Waals surface area contributed by atoms with Crippen molar-refractivity contribution >= 4 is 11.1 Å². The Bertz CT molecular complexity index is 1780. The fraction of sp³-hybridized carbons (Fsp3) is 0.477. The van der Waals surface area contributed by atoms with Gasteiger partial charge in [-0.15, -0.1) is 0 Å². The highest BCUT2D eigenvalue weighted by Gasteiger charge is 2.21. The van der Waals surface area contributed by atoms with Gasteiger partial charge in [0.2, 0.25) is 5.89 Å². The van der Waals surface area contributed by atoms with Gasteiger partial charge >= 0.3 is 0 Å². The highest BCUT2D eigenvalue weighted by Crippen LogP contribution is 2.29. The Morgan fingerprint density at radius 1 is 0.741 bits per heavy atom.